The van der Waals surface area contributed by atoms with Crippen LogP contribution in [0.2, 0.25) is 0 Å². The van der Waals surface area contributed by atoms with Crippen LogP contribution in [0.5, 0.6) is 5.75 Å². The number of allylic oxidation sites excluding steroid dienone is 2. The lowest BCUT2D eigenvalue weighted by Gasteiger charge is -2.31. The molecule has 7 N–H and O–H groups in total. The zero-order valence-electron chi connectivity index (χ0n) is 21.2. The van der Waals surface area contributed by atoms with Crippen molar-refractivity contribution in [3.8, 4) is 5.75 Å². The van der Waals surface area contributed by atoms with Gasteiger partial charge in [-0.15, -0.1) is 0 Å². The van der Waals surface area contributed by atoms with Gasteiger partial charge in [0.15, 0.2) is 5.78 Å². The van der Waals surface area contributed by atoms with Crippen molar-refractivity contribution in [2.75, 3.05) is 20.2 Å². The van der Waals surface area contributed by atoms with Crippen LogP contribution in [0.4, 0.5) is 0 Å². The van der Waals surface area contributed by atoms with Gasteiger partial charge in [-0.2, -0.15) is 0 Å². The highest BCUT2D eigenvalue weighted by Gasteiger charge is 2.26. The van der Waals surface area contributed by atoms with Crippen molar-refractivity contribution in [3.63, 3.8) is 0 Å². The van der Waals surface area contributed by atoms with E-state index in [0.29, 0.717) is 11.3 Å². The van der Waals surface area contributed by atoms with Crippen LogP contribution in [-0.2, 0) is 6.54 Å². The second-order valence-electron chi connectivity index (χ2n) is 9.34. The van der Waals surface area contributed by atoms with Crippen LogP contribution < -0.4 is 21.9 Å². The number of piperidine rings is 1. The summed E-state index contributed by atoms with van der Waals surface area (Å²) in [6.45, 7) is 9.96. The van der Waals surface area contributed by atoms with Crippen molar-refractivity contribution in [2.45, 2.75) is 19.4 Å². The Morgan fingerprint density at radius 3 is 2.43 bits per heavy atom. The molecule has 1 aliphatic rings. The molecule has 0 spiro atoms. The maximum Gasteiger partial charge on any atom is 0.166 e. The summed E-state index contributed by atoms with van der Waals surface area (Å²) in [5, 5.41) is 1.05. The van der Waals surface area contributed by atoms with Gasteiger partial charge in [-0.25, -0.2) is 0 Å². The van der Waals surface area contributed by atoms with Crippen LogP contribution in [0.15, 0.2) is 83.4 Å². The van der Waals surface area contributed by atoms with Gasteiger partial charge in [-0.05, 0) is 86.8 Å². The molecule has 2 aromatic carbocycles. The molecular weight excluding hydrogens is 464 g/mol. The van der Waals surface area contributed by atoms with Crippen LogP contribution in [0.25, 0.3) is 16.5 Å². The first-order chi connectivity index (χ1) is 17.8. The van der Waals surface area contributed by atoms with E-state index in [1.54, 1.807) is 13.2 Å². The van der Waals surface area contributed by atoms with E-state index >= 15 is 0 Å². The summed E-state index contributed by atoms with van der Waals surface area (Å²) in [7, 11) is 1.62. The molecule has 4 rings (SSSR count). The molecule has 3 aromatic rings. The summed E-state index contributed by atoms with van der Waals surface area (Å²) in [4.78, 5) is 22.7. The Morgan fingerprint density at radius 2 is 1.84 bits per heavy atom. The number of Topliss-reactive ketones (excluding diaryl/α,β-unsaturated/α-hetero) is 1. The fourth-order valence-electron chi connectivity index (χ4n) is 4.83. The number of H-pyrrole nitrogens is 1. The molecule has 0 aliphatic carbocycles. The minimum atomic E-state index is 0.0533. The molecule has 1 fully saturated rings. The van der Waals surface area contributed by atoms with Crippen LogP contribution in [0.1, 0.15) is 34.5 Å². The Balaban J connectivity index is 1.45. The first-order valence-electron chi connectivity index (χ1n) is 12.2. The number of ether oxygens (including phenoxy) is 1. The number of likely N-dealkylation sites (tertiary alicyclic amines) is 1. The number of nitrogens with one attached hydrogen (secondary N) is 1. The first kappa shape index (κ1) is 25.8. The van der Waals surface area contributed by atoms with E-state index in [-0.39, 0.29) is 23.2 Å². The molecule has 192 valence electrons. The molecule has 0 radical (unpaired) electrons. The SMILES string of the molecule is C=N/C(C(=C)N)=C(/C=C(N)N)c1cc2cc(CN3CCC(C(=O)c4ccc(OC)cc4)CC3)ccc2[nH]1. The van der Waals surface area contributed by atoms with E-state index in [1.807, 2.05) is 30.3 Å². The number of hydrogen-bond donors (Lipinski definition) is 4. The summed E-state index contributed by atoms with van der Waals surface area (Å²) in [6.07, 6.45) is 3.30. The fourth-order valence-corrected chi connectivity index (χ4v) is 4.83. The maximum atomic E-state index is 12.9. The fraction of sp³-hybridized carbons (Fsp3) is 0.241. The number of benzene rings is 2. The van der Waals surface area contributed by atoms with Crippen LogP contribution in [0, 0.1) is 5.92 Å². The number of nitrogens with two attached hydrogens (primary N) is 3. The Kier molecular flexibility index (Phi) is 7.79. The molecule has 1 saturated heterocycles. The van der Waals surface area contributed by atoms with Crippen molar-refractivity contribution in [1.82, 2.24) is 9.88 Å². The van der Waals surface area contributed by atoms with Crippen molar-refractivity contribution < 1.29 is 9.53 Å². The van der Waals surface area contributed by atoms with Crippen molar-refractivity contribution in [2.24, 2.45) is 28.1 Å². The van der Waals surface area contributed by atoms with E-state index in [4.69, 9.17) is 21.9 Å². The van der Waals surface area contributed by atoms with Gasteiger partial charge in [0.05, 0.1) is 24.3 Å². The van der Waals surface area contributed by atoms with E-state index in [2.05, 4.69) is 46.4 Å². The van der Waals surface area contributed by atoms with Crippen molar-refractivity contribution in [1.29, 1.82) is 0 Å². The second-order valence-corrected chi connectivity index (χ2v) is 9.34. The predicted molar refractivity (Wildman–Crippen MR) is 150 cm³/mol. The van der Waals surface area contributed by atoms with E-state index in [0.717, 1.165) is 60.4 Å². The molecular formula is C29H34N6O2. The lowest BCUT2D eigenvalue weighted by Crippen LogP contribution is -2.35. The van der Waals surface area contributed by atoms with Gasteiger partial charge < -0.3 is 26.9 Å². The largest absolute Gasteiger partial charge is 0.497 e. The van der Waals surface area contributed by atoms with Gasteiger partial charge in [-0.3, -0.25) is 14.7 Å². The molecule has 0 saturated carbocycles. The van der Waals surface area contributed by atoms with Crippen LogP contribution in [-0.4, -0.2) is 42.6 Å². The van der Waals surface area contributed by atoms with Gasteiger partial charge in [0.2, 0.25) is 0 Å². The summed E-state index contributed by atoms with van der Waals surface area (Å²) < 4.78 is 5.19. The van der Waals surface area contributed by atoms with Gasteiger partial charge >= 0.3 is 0 Å². The zero-order chi connectivity index (χ0) is 26.5. The Bertz CT molecular complexity index is 1370. The van der Waals surface area contributed by atoms with E-state index in [9.17, 15) is 4.79 Å². The molecule has 0 amide bonds. The van der Waals surface area contributed by atoms with E-state index in [1.165, 1.54) is 5.56 Å². The molecule has 0 bridgehead atoms. The lowest BCUT2D eigenvalue weighted by molar-refractivity contribution is 0.0835. The average Bonchev–Trinajstić information content (AvgIpc) is 3.31. The van der Waals surface area contributed by atoms with Crippen molar-refractivity contribution >= 4 is 29.0 Å². The average molecular weight is 499 g/mol. The van der Waals surface area contributed by atoms with Crippen LogP contribution >= 0.6 is 0 Å². The van der Waals surface area contributed by atoms with Crippen molar-refractivity contribution in [3.05, 3.63) is 95.2 Å². The number of hydrogen-bond acceptors (Lipinski definition) is 7. The molecule has 8 nitrogen and oxygen atoms in total. The number of carbonyl (C=O) groups is 1. The quantitative estimate of drug-likeness (QED) is 0.201. The lowest BCUT2D eigenvalue weighted by atomic mass is 9.88. The summed E-state index contributed by atoms with van der Waals surface area (Å²) in [5.74, 6) is 1.16. The number of methoxy groups -OCH3 is 1. The molecule has 1 aliphatic heterocycles. The Morgan fingerprint density at radius 1 is 1.14 bits per heavy atom. The number of ketones is 1. The third kappa shape index (κ3) is 5.92. The number of aromatic amines is 1. The van der Waals surface area contributed by atoms with E-state index < -0.39 is 0 Å². The van der Waals surface area contributed by atoms with Gasteiger partial charge in [0.1, 0.15) is 5.75 Å². The number of rotatable bonds is 9. The Hall–Kier alpha value is -4.30. The number of carbonyl (C=O) groups excluding carboxylic acids is 1. The standard InChI is InChI=1S/C29H34N6O2/c1-18(30)28(33-2)24(16-27(31)32)26-15-22-14-19(4-9-25(22)34-26)17-35-12-10-21(11-13-35)29(36)20-5-7-23(37-3)8-6-20/h4-9,14-16,21,34H,1-2,10-13,17,30-32H2,3H3/b28-24-. The smallest absolute Gasteiger partial charge is 0.166 e. The molecule has 37 heavy (non-hydrogen) atoms. The first-order valence-corrected chi connectivity index (χ1v) is 12.2. The third-order valence-electron chi connectivity index (χ3n) is 6.74. The molecule has 0 unspecified atom stereocenters. The van der Waals surface area contributed by atoms with Gasteiger partial charge in [-0.1, -0.05) is 12.6 Å². The summed E-state index contributed by atoms with van der Waals surface area (Å²) >= 11 is 0. The number of aromatic nitrogens is 1. The van der Waals surface area contributed by atoms with Gasteiger partial charge in [0, 0.05) is 40.2 Å². The molecule has 8 heteroatoms. The normalized spacial score (nSPS) is 15.2. The number of aliphatic imine (C=N–C) groups is 1. The molecule has 0 atom stereocenters. The summed E-state index contributed by atoms with van der Waals surface area (Å²) in [5.41, 5.74) is 22.4. The topological polar surface area (TPSA) is 136 Å². The van der Waals surface area contributed by atoms with Gasteiger partial charge in [0.25, 0.3) is 0 Å². The maximum absolute atomic E-state index is 12.9. The number of fused-ring (bicyclic) bond motifs is 1. The summed E-state index contributed by atoms with van der Waals surface area (Å²) in [6, 6.07) is 15.7. The molecule has 2 heterocycles. The minimum Gasteiger partial charge on any atom is -0.497 e. The monoisotopic (exact) mass is 498 g/mol. The predicted octanol–water partition coefficient (Wildman–Crippen LogP) is 3.91. The third-order valence-corrected chi connectivity index (χ3v) is 6.74. The number of nitrogens with zero attached hydrogens (tertiary/aromatic N) is 2. The zero-order valence-corrected chi connectivity index (χ0v) is 21.2. The molecule has 1 aromatic heterocycles. The highest BCUT2D eigenvalue weighted by molar-refractivity contribution is 5.98. The highest BCUT2D eigenvalue weighted by Crippen LogP contribution is 2.29. The Labute approximate surface area is 217 Å². The highest BCUT2D eigenvalue weighted by atomic mass is 16.5. The second kappa shape index (κ2) is 11.2. The minimum absolute atomic E-state index is 0.0533. The van der Waals surface area contributed by atoms with Crippen LogP contribution in [0.3, 0.4) is 0 Å².